The Morgan fingerprint density at radius 2 is 1.59 bits per heavy atom. The van der Waals surface area contributed by atoms with Crippen molar-refractivity contribution >= 4 is 17.5 Å². The zero-order chi connectivity index (χ0) is 15.9. The Labute approximate surface area is 129 Å². The van der Waals surface area contributed by atoms with Crippen molar-refractivity contribution in [3.05, 3.63) is 46.8 Å². The maximum Gasteiger partial charge on any atom is 0.234 e. The van der Waals surface area contributed by atoms with E-state index in [-0.39, 0.29) is 11.8 Å². The summed E-state index contributed by atoms with van der Waals surface area (Å²) in [6.45, 7) is 6.42. The van der Waals surface area contributed by atoms with Crippen molar-refractivity contribution < 1.29 is 9.59 Å². The zero-order valence-electron chi connectivity index (χ0n) is 13.1. The van der Waals surface area contributed by atoms with Gasteiger partial charge in [-0.25, -0.2) is 4.90 Å². The standard InChI is InChI=1S/C17H19N3O2/c1-11-4-6-14(7-5-11)10-19-13(3)17(12(2)18-19)20-15(21)8-9-16(20)22/h4-7H,8-10H2,1-3H3. The third kappa shape index (κ3) is 2.43. The Bertz CT molecular complexity index is 728. The average molecular weight is 297 g/mol. The molecule has 0 unspecified atom stereocenters. The summed E-state index contributed by atoms with van der Waals surface area (Å²) in [4.78, 5) is 25.2. The molecule has 0 saturated carbocycles. The van der Waals surface area contributed by atoms with E-state index in [1.54, 1.807) is 0 Å². The van der Waals surface area contributed by atoms with Gasteiger partial charge >= 0.3 is 0 Å². The van der Waals surface area contributed by atoms with Crippen molar-refractivity contribution in [3.63, 3.8) is 0 Å². The van der Waals surface area contributed by atoms with E-state index in [4.69, 9.17) is 0 Å². The Kier molecular flexibility index (Phi) is 3.56. The number of anilines is 1. The van der Waals surface area contributed by atoms with Crippen molar-refractivity contribution in [2.75, 3.05) is 4.90 Å². The zero-order valence-corrected chi connectivity index (χ0v) is 13.1. The van der Waals surface area contributed by atoms with Crippen LogP contribution in [-0.4, -0.2) is 21.6 Å². The van der Waals surface area contributed by atoms with E-state index in [0.29, 0.717) is 30.8 Å². The van der Waals surface area contributed by atoms with Gasteiger partial charge in [-0.1, -0.05) is 29.8 Å². The highest BCUT2D eigenvalue weighted by Gasteiger charge is 2.34. The molecule has 1 aromatic carbocycles. The number of hydrogen-bond donors (Lipinski definition) is 0. The Hall–Kier alpha value is -2.43. The van der Waals surface area contributed by atoms with Crippen LogP contribution in [0.1, 0.15) is 35.4 Å². The third-order valence-corrected chi connectivity index (χ3v) is 4.07. The van der Waals surface area contributed by atoms with Gasteiger partial charge in [0.2, 0.25) is 11.8 Å². The van der Waals surface area contributed by atoms with E-state index in [2.05, 4.69) is 36.3 Å². The number of aromatic nitrogens is 2. The molecule has 22 heavy (non-hydrogen) atoms. The number of carbonyl (C=O) groups excluding carboxylic acids is 2. The minimum Gasteiger partial charge on any atom is -0.274 e. The van der Waals surface area contributed by atoms with Gasteiger partial charge in [0, 0.05) is 12.8 Å². The normalized spacial score (nSPS) is 15.0. The van der Waals surface area contributed by atoms with Crippen LogP contribution in [0.5, 0.6) is 0 Å². The molecule has 0 radical (unpaired) electrons. The summed E-state index contributed by atoms with van der Waals surface area (Å²) in [6, 6.07) is 8.26. The molecule has 3 rings (SSSR count). The number of hydrogen-bond acceptors (Lipinski definition) is 3. The van der Waals surface area contributed by atoms with Crippen LogP contribution < -0.4 is 4.90 Å². The van der Waals surface area contributed by atoms with E-state index < -0.39 is 0 Å². The predicted octanol–water partition coefficient (Wildman–Crippen LogP) is 2.51. The summed E-state index contributed by atoms with van der Waals surface area (Å²) >= 11 is 0. The van der Waals surface area contributed by atoms with Gasteiger partial charge in [0.1, 0.15) is 0 Å². The highest BCUT2D eigenvalue weighted by molar-refractivity contribution is 6.20. The van der Waals surface area contributed by atoms with Gasteiger partial charge in [-0.2, -0.15) is 5.10 Å². The van der Waals surface area contributed by atoms with E-state index in [1.165, 1.54) is 10.5 Å². The van der Waals surface area contributed by atoms with Crippen molar-refractivity contribution in [1.82, 2.24) is 9.78 Å². The molecule has 1 fully saturated rings. The molecule has 1 aliphatic heterocycles. The van der Waals surface area contributed by atoms with Crippen LogP contribution in [0.25, 0.3) is 0 Å². The number of benzene rings is 1. The van der Waals surface area contributed by atoms with Crippen LogP contribution in [0, 0.1) is 20.8 Å². The lowest BCUT2D eigenvalue weighted by atomic mass is 10.1. The maximum absolute atomic E-state index is 12.0. The highest BCUT2D eigenvalue weighted by Crippen LogP contribution is 2.29. The number of rotatable bonds is 3. The fraction of sp³-hybridized carbons (Fsp3) is 0.353. The molecule has 114 valence electrons. The molecular weight excluding hydrogens is 278 g/mol. The third-order valence-electron chi connectivity index (χ3n) is 4.07. The van der Waals surface area contributed by atoms with Gasteiger partial charge in [0.05, 0.1) is 23.6 Å². The summed E-state index contributed by atoms with van der Waals surface area (Å²) in [7, 11) is 0. The summed E-state index contributed by atoms with van der Waals surface area (Å²) < 4.78 is 1.86. The fourth-order valence-electron chi connectivity index (χ4n) is 2.86. The SMILES string of the molecule is Cc1ccc(Cn2nc(C)c(N3C(=O)CCC3=O)c2C)cc1. The van der Waals surface area contributed by atoms with Gasteiger partial charge in [-0.15, -0.1) is 0 Å². The Morgan fingerprint density at radius 1 is 1.00 bits per heavy atom. The summed E-state index contributed by atoms with van der Waals surface area (Å²) in [5.74, 6) is -0.267. The summed E-state index contributed by atoms with van der Waals surface area (Å²) in [5, 5.41) is 4.51. The average Bonchev–Trinajstić information content (AvgIpc) is 2.94. The minimum atomic E-state index is -0.133. The Morgan fingerprint density at radius 3 is 2.18 bits per heavy atom. The largest absolute Gasteiger partial charge is 0.274 e. The van der Waals surface area contributed by atoms with E-state index in [9.17, 15) is 9.59 Å². The van der Waals surface area contributed by atoms with Gasteiger partial charge in [-0.3, -0.25) is 14.3 Å². The van der Waals surface area contributed by atoms with Gasteiger partial charge in [-0.05, 0) is 26.3 Å². The van der Waals surface area contributed by atoms with Crippen molar-refractivity contribution in [2.24, 2.45) is 0 Å². The van der Waals surface area contributed by atoms with E-state index >= 15 is 0 Å². The topological polar surface area (TPSA) is 55.2 Å². The first-order valence-corrected chi connectivity index (χ1v) is 7.42. The number of imide groups is 1. The highest BCUT2D eigenvalue weighted by atomic mass is 16.2. The van der Waals surface area contributed by atoms with E-state index in [1.807, 2.05) is 18.5 Å². The summed E-state index contributed by atoms with van der Waals surface area (Å²) in [6.07, 6.45) is 0.585. The van der Waals surface area contributed by atoms with Crippen molar-refractivity contribution in [2.45, 2.75) is 40.2 Å². The first kappa shape index (κ1) is 14.5. The lowest BCUT2D eigenvalue weighted by molar-refractivity contribution is -0.121. The van der Waals surface area contributed by atoms with Gasteiger partial charge in [0.15, 0.2) is 0 Å². The van der Waals surface area contributed by atoms with Crippen LogP contribution in [-0.2, 0) is 16.1 Å². The predicted molar refractivity (Wildman–Crippen MR) is 83.7 cm³/mol. The molecule has 5 heteroatoms. The molecule has 1 aromatic heterocycles. The van der Waals surface area contributed by atoms with Gasteiger partial charge in [0.25, 0.3) is 0 Å². The second-order valence-electron chi connectivity index (χ2n) is 5.79. The number of carbonyl (C=O) groups is 2. The molecule has 1 saturated heterocycles. The number of amides is 2. The first-order chi connectivity index (χ1) is 10.5. The molecule has 0 aliphatic carbocycles. The number of nitrogens with zero attached hydrogens (tertiary/aromatic N) is 3. The second kappa shape index (κ2) is 5.40. The van der Waals surface area contributed by atoms with Crippen molar-refractivity contribution in [3.8, 4) is 0 Å². The molecule has 0 N–H and O–H groups in total. The quantitative estimate of drug-likeness (QED) is 0.818. The molecule has 2 aromatic rings. The molecule has 0 bridgehead atoms. The molecule has 2 amide bonds. The minimum absolute atomic E-state index is 0.133. The lowest BCUT2D eigenvalue weighted by Gasteiger charge is -2.14. The lowest BCUT2D eigenvalue weighted by Crippen LogP contribution is -2.29. The molecule has 2 heterocycles. The van der Waals surface area contributed by atoms with Crippen LogP contribution in [0.3, 0.4) is 0 Å². The van der Waals surface area contributed by atoms with E-state index in [0.717, 1.165) is 11.3 Å². The second-order valence-corrected chi connectivity index (χ2v) is 5.79. The van der Waals surface area contributed by atoms with Crippen molar-refractivity contribution in [1.29, 1.82) is 0 Å². The summed E-state index contributed by atoms with van der Waals surface area (Å²) in [5.41, 5.74) is 4.57. The Balaban J connectivity index is 1.95. The number of aryl methyl sites for hydroxylation is 2. The van der Waals surface area contributed by atoms with Crippen LogP contribution in [0.4, 0.5) is 5.69 Å². The van der Waals surface area contributed by atoms with Crippen LogP contribution >= 0.6 is 0 Å². The molecule has 0 atom stereocenters. The first-order valence-electron chi connectivity index (χ1n) is 7.42. The van der Waals surface area contributed by atoms with Crippen LogP contribution in [0.15, 0.2) is 24.3 Å². The van der Waals surface area contributed by atoms with Gasteiger partial charge < -0.3 is 0 Å². The van der Waals surface area contributed by atoms with Crippen LogP contribution in [0.2, 0.25) is 0 Å². The molecule has 5 nitrogen and oxygen atoms in total. The monoisotopic (exact) mass is 297 g/mol. The maximum atomic E-state index is 12.0. The molecule has 1 aliphatic rings. The molecular formula is C17H19N3O2. The fourth-order valence-corrected chi connectivity index (χ4v) is 2.86. The molecule has 0 spiro atoms. The smallest absolute Gasteiger partial charge is 0.234 e.